The minimum absolute atomic E-state index is 0.491. The van der Waals surface area contributed by atoms with Crippen LogP contribution in [-0.2, 0) is 0 Å². The van der Waals surface area contributed by atoms with Crippen LogP contribution in [-0.4, -0.2) is 21.3 Å². The van der Waals surface area contributed by atoms with Crippen molar-refractivity contribution in [2.45, 2.75) is 13.8 Å². The van der Waals surface area contributed by atoms with Gasteiger partial charge < -0.3 is 4.74 Å². The highest BCUT2D eigenvalue weighted by Crippen LogP contribution is 2.23. The molecule has 0 aliphatic carbocycles. The minimum atomic E-state index is -5.03. The smallest absolute Gasteiger partial charge is 0.412 e. The Balaban J connectivity index is 2.62. The summed E-state index contributed by atoms with van der Waals surface area (Å²) < 4.78 is 146. The Labute approximate surface area is 184 Å². The normalized spacial score (nSPS) is 11.2. The van der Waals surface area contributed by atoms with Crippen LogP contribution in [0.4, 0.5) is 43.9 Å². The van der Waals surface area contributed by atoms with Crippen molar-refractivity contribution in [1.29, 1.82) is 0 Å². The summed E-state index contributed by atoms with van der Waals surface area (Å²) in [6.45, 7) is 1.27. The summed E-state index contributed by atoms with van der Waals surface area (Å²) in [5.74, 6) is -21.1. The number of halogens is 10. The van der Waals surface area contributed by atoms with Crippen molar-refractivity contribution >= 4 is 27.4 Å². The zero-order chi connectivity index (χ0) is 24.9. The Morgan fingerprint density at radius 3 is 1.21 bits per heavy atom. The molecule has 0 unspecified atom stereocenters. The van der Waals surface area contributed by atoms with Gasteiger partial charge in [-0.05, 0) is 39.3 Å². The van der Waals surface area contributed by atoms with Crippen LogP contribution in [0.25, 0.3) is 0 Å². The van der Waals surface area contributed by atoms with E-state index in [1.165, 1.54) is 0 Å². The van der Waals surface area contributed by atoms with Crippen LogP contribution >= 0.6 is 0 Å². The molecule has 0 radical (unpaired) electrons. The van der Waals surface area contributed by atoms with Crippen molar-refractivity contribution < 1.29 is 48.6 Å². The minimum Gasteiger partial charge on any atom is -0.494 e. The van der Waals surface area contributed by atoms with E-state index in [1.54, 1.807) is 0 Å². The number of methoxy groups -OCH3 is 1. The van der Waals surface area contributed by atoms with Gasteiger partial charge in [0.15, 0.2) is 34.8 Å². The van der Waals surface area contributed by atoms with Crippen molar-refractivity contribution in [3.05, 3.63) is 81.4 Å². The summed E-state index contributed by atoms with van der Waals surface area (Å²) in [4.78, 5) is 0. The Morgan fingerprint density at radius 2 is 0.879 bits per heavy atom. The van der Waals surface area contributed by atoms with Crippen LogP contribution in [0.5, 0.6) is 5.75 Å². The molecule has 12 heteroatoms. The maximum atomic E-state index is 15.0. The van der Waals surface area contributed by atoms with Gasteiger partial charge in [-0.25, -0.2) is 43.9 Å². The van der Waals surface area contributed by atoms with Crippen LogP contribution in [0, 0.1) is 72.0 Å². The first kappa shape index (κ1) is 24.9. The molecule has 0 spiro atoms. The molecule has 0 N–H and O–H groups in total. The molecule has 0 bridgehead atoms. The van der Waals surface area contributed by atoms with Gasteiger partial charge in [-0.1, -0.05) is 0 Å². The van der Waals surface area contributed by atoms with E-state index in [0.717, 1.165) is 7.11 Å². The Kier molecular flexibility index (Phi) is 6.73. The SMILES string of the molecule is COc1ccc(F)[c]([Al]([c]2c(F)c(F)c(C)c(F)c2F)[c]2c(F)c(F)c(C)c(F)c2F)c1F. The largest absolute Gasteiger partial charge is 0.494 e. The Hall–Kier alpha value is -2.71. The summed E-state index contributed by atoms with van der Waals surface area (Å²) in [6, 6.07) is 1.20. The van der Waals surface area contributed by atoms with Gasteiger partial charge in [-0.2, -0.15) is 0 Å². The molecule has 0 atom stereocenters. The first-order valence-electron chi connectivity index (χ1n) is 9.03. The summed E-state index contributed by atoms with van der Waals surface area (Å²) >= 11 is -5.03. The Morgan fingerprint density at radius 1 is 0.515 bits per heavy atom. The van der Waals surface area contributed by atoms with Gasteiger partial charge in [0.05, 0.1) is 7.11 Å². The summed E-state index contributed by atoms with van der Waals surface area (Å²) in [5.41, 5.74) is -2.34. The van der Waals surface area contributed by atoms with E-state index in [4.69, 9.17) is 0 Å². The molecule has 1 nitrogen and oxygen atoms in total. The molecule has 0 saturated heterocycles. The molecule has 0 heterocycles. The first-order chi connectivity index (χ1) is 15.4. The van der Waals surface area contributed by atoms with Gasteiger partial charge >= 0.3 is 14.1 Å². The third kappa shape index (κ3) is 3.75. The Bertz CT molecular complexity index is 1160. The summed E-state index contributed by atoms with van der Waals surface area (Å²) in [7, 11) is 0.898. The predicted molar refractivity (Wildman–Crippen MR) is 99.6 cm³/mol. The second-order valence-corrected chi connectivity index (χ2v) is 9.60. The quantitative estimate of drug-likeness (QED) is 0.299. The zero-order valence-corrected chi connectivity index (χ0v) is 18.1. The lowest BCUT2D eigenvalue weighted by Gasteiger charge is -2.21. The molecule has 0 aliphatic rings. The summed E-state index contributed by atoms with van der Waals surface area (Å²) in [5, 5.41) is 0. The molecular weight excluding hydrogens is 485 g/mol. The number of rotatable bonds is 4. The molecule has 3 aromatic carbocycles. The van der Waals surface area contributed by atoms with Gasteiger partial charge in [0.1, 0.15) is 29.1 Å². The average molecular weight is 496 g/mol. The highest BCUT2D eigenvalue weighted by atomic mass is 27.2. The average Bonchev–Trinajstić information content (AvgIpc) is 2.79. The van der Waals surface area contributed by atoms with Crippen molar-refractivity contribution in [2.75, 3.05) is 7.11 Å². The van der Waals surface area contributed by atoms with Gasteiger partial charge in [-0.3, -0.25) is 0 Å². The van der Waals surface area contributed by atoms with Crippen LogP contribution in [0.1, 0.15) is 11.1 Å². The second kappa shape index (κ2) is 8.91. The molecule has 33 heavy (non-hydrogen) atoms. The van der Waals surface area contributed by atoms with E-state index in [9.17, 15) is 39.5 Å². The van der Waals surface area contributed by atoms with E-state index in [2.05, 4.69) is 4.74 Å². The van der Waals surface area contributed by atoms with Crippen molar-refractivity contribution in [1.82, 2.24) is 0 Å². The van der Waals surface area contributed by atoms with Crippen LogP contribution < -0.4 is 18.0 Å². The van der Waals surface area contributed by atoms with Crippen molar-refractivity contribution in [3.63, 3.8) is 0 Å². The summed E-state index contributed by atoms with van der Waals surface area (Å²) in [6.07, 6.45) is 0. The van der Waals surface area contributed by atoms with Crippen molar-refractivity contribution in [2.24, 2.45) is 0 Å². The molecular formula is C21H11AlF10O. The number of hydrogen-bond acceptors (Lipinski definition) is 1. The van der Waals surface area contributed by atoms with Crippen LogP contribution in [0.15, 0.2) is 12.1 Å². The standard InChI is InChI=1S/2C7H3F4.C7H5F2O.Al/c2*1-3-6(10)4(8)2-5(9)7(3)11;1-10-7-3-2-5(8)4-6(7)9;/h2*1H3;2-3H,1H3;. The van der Waals surface area contributed by atoms with E-state index < -0.39 is 102 Å². The van der Waals surface area contributed by atoms with Gasteiger partial charge in [0, 0.05) is 11.1 Å². The fraction of sp³-hybridized carbons (Fsp3) is 0.143. The second-order valence-electron chi connectivity index (χ2n) is 7.00. The van der Waals surface area contributed by atoms with Crippen LogP contribution in [0.3, 0.4) is 0 Å². The predicted octanol–water partition coefficient (Wildman–Crippen LogP) is 4.22. The molecule has 3 aromatic rings. The van der Waals surface area contributed by atoms with Crippen molar-refractivity contribution in [3.8, 4) is 5.75 Å². The van der Waals surface area contributed by atoms with Gasteiger partial charge in [-0.15, -0.1) is 0 Å². The van der Waals surface area contributed by atoms with Gasteiger partial charge in [0.2, 0.25) is 0 Å². The fourth-order valence-corrected chi connectivity index (χ4v) is 6.58. The van der Waals surface area contributed by atoms with Crippen LogP contribution in [0.2, 0.25) is 0 Å². The third-order valence-electron chi connectivity index (χ3n) is 5.21. The molecule has 174 valence electrons. The first-order valence-corrected chi connectivity index (χ1v) is 10.8. The lowest BCUT2D eigenvalue weighted by atomic mass is 10.2. The molecule has 0 fully saturated rings. The monoisotopic (exact) mass is 496 g/mol. The van der Waals surface area contributed by atoms with E-state index >= 15 is 4.39 Å². The van der Waals surface area contributed by atoms with E-state index in [-0.39, 0.29) is 0 Å². The molecule has 0 aromatic heterocycles. The fourth-order valence-electron chi connectivity index (χ4n) is 3.43. The zero-order valence-electron chi connectivity index (χ0n) is 16.9. The van der Waals surface area contributed by atoms with Gasteiger partial charge in [0.25, 0.3) is 0 Å². The molecule has 0 saturated carbocycles. The third-order valence-corrected chi connectivity index (χ3v) is 8.49. The number of ether oxygens (including phenoxy) is 1. The topological polar surface area (TPSA) is 9.23 Å². The number of benzene rings is 3. The maximum absolute atomic E-state index is 15.0. The molecule has 3 rings (SSSR count). The van der Waals surface area contributed by atoms with E-state index in [1.807, 2.05) is 0 Å². The lowest BCUT2D eigenvalue weighted by Crippen LogP contribution is -2.60. The van der Waals surface area contributed by atoms with E-state index in [0.29, 0.717) is 26.0 Å². The highest BCUT2D eigenvalue weighted by Gasteiger charge is 2.44. The number of hydrogen-bond donors (Lipinski definition) is 0. The molecule has 0 amide bonds. The highest BCUT2D eigenvalue weighted by molar-refractivity contribution is 6.95. The maximum Gasteiger partial charge on any atom is 0.412 e. The lowest BCUT2D eigenvalue weighted by molar-refractivity contribution is 0.386. The molecule has 0 aliphatic heterocycles.